The number of benzene rings is 1. The maximum atomic E-state index is 12.9. The van der Waals surface area contributed by atoms with Crippen LogP contribution in [0.2, 0.25) is 0 Å². The molecule has 2 saturated heterocycles. The lowest BCUT2D eigenvalue weighted by atomic mass is 9.69. The number of ether oxygens (including phenoxy) is 5. The van der Waals surface area contributed by atoms with E-state index in [0.29, 0.717) is 44.2 Å². The molecule has 3 aliphatic heterocycles. The SMILES string of the molecule is CC(C)=CCC[C@@]1(C)Oc2cc(OCC(=O)N(C)C)ccc2[C@H]2OC[C@@]3(C[C@@H]21)CN(C(=O)OC(C)(C)C)CCO3. The number of carbonyl (C=O) groups is 2. The minimum atomic E-state index is -0.634. The Hall–Kier alpha value is -2.78. The van der Waals surface area contributed by atoms with Crippen LogP contribution in [0, 0.1) is 5.92 Å². The number of rotatable bonds is 6. The highest BCUT2D eigenvalue weighted by atomic mass is 16.6. The summed E-state index contributed by atoms with van der Waals surface area (Å²) < 4.78 is 31.2. The van der Waals surface area contributed by atoms with Crippen molar-refractivity contribution in [3.8, 4) is 11.5 Å². The summed E-state index contributed by atoms with van der Waals surface area (Å²) in [7, 11) is 3.41. The molecule has 4 rings (SSSR count). The highest BCUT2D eigenvalue weighted by Gasteiger charge is 2.55. The van der Waals surface area contributed by atoms with Crippen molar-refractivity contribution < 1.29 is 33.3 Å². The molecule has 222 valence electrons. The Bertz CT molecular complexity index is 1120. The first kappa shape index (κ1) is 30.2. The van der Waals surface area contributed by atoms with Crippen molar-refractivity contribution >= 4 is 12.0 Å². The van der Waals surface area contributed by atoms with Gasteiger partial charge in [-0.05, 0) is 72.9 Å². The van der Waals surface area contributed by atoms with E-state index in [1.165, 1.54) is 10.5 Å². The number of likely N-dealkylation sites (N-methyl/N-ethyl adjacent to an activating group) is 1. The van der Waals surface area contributed by atoms with Gasteiger partial charge in [-0.15, -0.1) is 0 Å². The third-order valence-electron chi connectivity index (χ3n) is 7.86. The molecular weight excluding hydrogens is 512 g/mol. The van der Waals surface area contributed by atoms with Crippen LogP contribution in [0.4, 0.5) is 4.79 Å². The molecule has 9 nitrogen and oxygen atoms in total. The van der Waals surface area contributed by atoms with Crippen LogP contribution in [0.5, 0.6) is 11.5 Å². The maximum absolute atomic E-state index is 12.9. The highest BCUT2D eigenvalue weighted by molar-refractivity contribution is 5.77. The largest absolute Gasteiger partial charge is 0.487 e. The van der Waals surface area contributed by atoms with Gasteiger partial charge in [0.1, 0.15) is 28.3 Å². The van der Waals surface area contributed by atoms with E-state index in [9.17, 15) is 9.59 Å². The van der Waals surface area contributed by atoms with Crippen molar-refractivity contribution in [1.29, 1.82) is 0 Å². The molecule has 0 bridgehead atoms. The van der Waals surface area contributed by atoms with Gasteiger partial charge in [0.2, 0.25) is 0 Å². The lowest BCUT2D eigenvalue weighted by Gasteiger charge is -2.55. The van der Waals surface area contributed by atoms with E-state index in [4.69, 9.17) is 23.7 Å². The third-order valence-corrected chi connectivity index (χ3v) is 7.86. The fourth-order valence-electron chi connectivity index (χ4n) is 5.72. The molecule has 0 aliphatic carbocycles. The predicted octanol–water partition coefficient (Wildman–Crippen LogP) is 5.13. The standard InChI is InChI=1S/C31H46N2O7/c1-21(2)10-9-13-30(6)24-17-31(19-33(14-15-38-31)28(35)40-29(3,4)5)20-37-27(24)23-12-11-22(16-25(23)39-30)36-18-26(34)32(7)8/h10-12,16,24,27H,9,13-15,17-20H2,1-8H3/t24-,27+,30+,31+/m0/s1. The average molecular weight is 559 g/mol. The van der Waals surface area contributed by atoms with Gasteiger partial charge in [-0.3, -0.25) is 4.79 Å². The molecule has 2 amide bonds. The summed E-state index contributed by atoms with van der Waals surface area (Å²) in [4.78, 5) is 28.2. The van der Waals surface area contributed by atoms with Crippen LogP contribution in [0.3, 0.4) is 0 Å². The number of carbonyl (C=O) groups excluding carboxylic acids is 2. The van der Waals surface area contributed by atoms with E-state index in [0.717, 1.165) is 18.4 Å². The van der Waals surface area contributed by atoms with Gasteiger partial charge in [0.05, 0.1) is 25.9 Å². The van der Waals surface area contributed by atoms with Gasteiger partial charge in [0.15, 0.2) is 6.61 Å². The fraction of sp³-hybridized carbons (Fsp3) is 0.677. The molecule has 1 spiro atoms. The smallest absolute Gasteiger partial charge is 0.410 e. The van der Waals surface area contributed by atoms with Crippen LogP contribution in [-0.4, -0.2) is 85.6 Å². The van der Waals surface area contributed by atoms with Gasteiger partial charge in [-0.2, -0.15) is 0 Å². The molecule has 0 N–H and O–H groups in total. The summed E-state index contributed by atoms with van der Waals surface area (Å²) in [6, 6.07) is 5.71. The van der Waals surface area contributed by atoms with Gasteiger partial charge >= 0.3 is 6.09 Å². The Morgan fingerprint density at radius 3 is 2.65 bits per heavy atom. The summed E-state index contributed by atoms with van der Waals surface area (Å²) in [6.45, 7) is 13.6. The molecule has 4 atom stereocenters. The van der Waals surface area contributed by atoms with Gasteiger partial charge in [-0.1, -0.05) is 11.6 Å². The number of allylic oxidation sites excluding steroid dienone is 2. The van der Waals surface area contributed by atoms with Crippen LogP contribution < -0.4 is 9.47 Å². The molecule has 1 aromatic carbocycles. The van der Waals surface area contributed by atoms with Crippen molar-refractivity contribution in [3.05, 3.63) is 35.4 Å². The van der Waals surface area contributed by atoms with Gasteiger partial charge in [0, 0.05) is 38.2 Å². The number of morpholine rings is 1. The van der Waals surface area contributed by atoms with Crippen molar-refractivity contribution in [3.63, 3.8) is 0 Å². The zero-order valence-electron chi connectivity index (χ0n) is 25.4. The Morgan fingerprint density at radius 1 is 1.23 bits per heavy atom. The first-order valence-electron chi connectivity index (χ1n) is 14.2. The van der Waals surface area contributed by atoms with E-state index in [2.05, 4.69) is 26.8 Å². The van der Waals surface area contributed by atoms with E-state index < -0.39 is 16.8 Å². The molecule has 9 heteroatoms. The fourth-order valence-corrected chi connectivity index (χ4v) is 5.72. The first-order valence-corrected chi connectivity index (χ1v) is 14.2. The van der Waals surface area contributed by atoms with Crippen LogP contribution in [0.25, 0.3) is 0 Å². The van der Waals surface area contributed by atoms with Crippen molar-refractivity contribution in [2.24, 2.45) is 5.92 Å². The van der Waals surface area contributed by atoms with Crippen LogP contribution in [0.1, 0.15) is 72.5 Å². The second-order valence-electron chi connectivity index (χ2n) is 13.0. The van der Waals surface area contributed by atoms with Gasteiger partial charge < -0.3 is 33.5 Å². The molecule has 0 unspecified atom stereocenters. The molecule has 0 saturated carbocycles. The van der Waals surface area contributed by atoms with Crippen molar-refractivity contribution in [2.75, 3.05) is 47.0 Å². The van der Waals surface area contributed by atoms with E-state index in [1.54, 1.807) is 19.0 Å². The molecular formula is C31H46N2O7. The molecule has 0 radical (unpaired) electrons. The molecule has 3 aliphatic rings. The maximum Gasteiger partial charge on any atom is 0.410 e. The lowest BCUT2D eigenvalue weighted by molar-refractivity contribution is -0.231. The first-order chi connectivity index (χ1) is 18.7. The summed E-state index contributed by atoms with van der Waals surface area (Å²) in [5.41, 5.74) is 0.476. The van der Waals surface area contributed by atoms with E-state index in [1.807, 2.05) is 39.0 Å². The minimum absolute atomic E-state index is 0.0000131. The zero-order chi connectivity index (χ0) is 29.3. The number of amides is 2. The summed E-state index contributed by atoms with van der Waals surface area (Å²) in [5.74, 6) is 1.18. The number of fused-ring (bicyclic) bond motifs is 3. The van der Waals surface area contributed by atoms with Crippen LogP contribution >= 0.6 is 0 Å². The number of nitrogens with zero attached hydrogens (tertiary/aromatic N) is 2. The monoisotopic (exact) mass is 558 g/mol. The van der Waals surface area contributed by atoms with Crippen molar-refractivity contribution in [1.82, 2.24) is 9.80 Å². The Balaban J connectivity index is 1.59. The Morgan fingerprint density at radius 2 is 1.98 bits per heavy atom. The normalized spacial score (nSPS) is 27.6. The predicted molar refractivity (Wildman–Crippen MR) is 152 cm³/mol. The van der Waals surface area contributed by atoms with Gasteiger partial charge in [0.25, 0.3) is 5.91 Å². The minimum Gasteiger partial charge on any atom is -0.487 e. The quantitative estimate of drug-likeness (QED) is 0.447. The molecule has 40 heavy (non-hydrogen) atoms. The molecule has 2 fully saturated rings. The lowest BCUT2D eigenvalue weighted by Crippen LogP contribution is -2.63. The molecule has 1 aromatic rings. The van der Waals surface area contributed by atoms with E-state index >= 15 is 0 Å². The Kier molecular flexibility index (Phi) is 8.76. The summed E-state index contributed by atoms with van der Waals surface area (Å²) in [5, 5.41) is 0. The Labute approximate surface area is 238 Å². The molecule has 3 heterocycles. The van der Waals surface area contributed by atoms with Crippen molar-refractivity contribution in [2.45, 2.75) is 83.7 Å². The topological polar surface area (TPSA) is 86.8 Å². The molecule has 0 aromatic heterocycles. The second kappa shape index (κ2) is 11.6. The zero-order valence-corrected chi connectivity index (χ0v) is 25.4. The summed E-state index contributed by atoms with van der Waals surface area (Å²) >= 11 is 0. The summed E-state index contributed by atoms with van der Waals surface area (Å²) in [6.07, 6.45) is 4.06. The number of hydrogen-bond donors (Lipinski definition) is 0. The highest BCUT2D eigenvalue weighted by Crippen LogP contribution is 2.54. The average Bonchev–Trinajstić information content (AvgIpc) is 2.86. The van der Waals surface area contributed by atoms with Gasteiger partial charge in [-0.25, -0.2) is 4.79 Å². The van der Waals surface area contributed by atoms with Crippen LogP contribution in [0.15, 0.2) is 29.8 Å². The second-order valence-corrected chi connectivity index (χ2v) is 13.0. The van der Waals surface area contributed by atoms with Crippen LogP contribution in [-0.2, 0) is 19.0 Å². The van der Waals surface area contributed by atoms with E-state index in [-0.39, 0.29) is 30.6 Å². The number of hydrogen-bond acceptors (Lipinski definition) is 7. The third kappa shape index (κ3) is 6.92.